The molecular formula is C11H8F2N2O4. The predicted octanol–water partition coefficient (Wildman–Crippen LogP) is 0.518. The molecule has 0 bridgehead atoms. The zero-order valence-electron chi connectivity index (χ0n) is 9.61. The highest BCUT2D eigenvalue weighted by atomic mass is 19.1. The molecule has 6 nitrogen and oxygen atoms in total. The summed E-state index contributed by atoms with van der Waals surface area (Å²) in [5.41, 5.74) is -2.53. The normalized spacial score (nSPS) is 10.5. The quantitative estimate of drug-likeness (QED) is 0.833. The molecule has 2 rings (SSSR count). The van der Waals surface area contributed by atoms with Gasteiger partial charge >= 0.3 is 5.69 Å². The van der Waals surface area contributed by atoms with Crippen LogP contribution >= 0.6 is 0 Å². The molecule has 0 aliphatic carbocycles. The zero-order valence-corrected chi connectivity index (χ0v) is 9.61. The fraction of sp³-hybridized carbons (Fsp3) is 0.0909. The van der Waals surface area contributed by atoms with E-state index in [4.69, 9.17) is 4.74 Å². The summed E-state index contributed by atoms with van der Waals surface area (Å²) in [7, 11) is 1.21. The number of aromatic hydroxyl groups is 1. The summed E-state index contributed by atoms with van der Waals surface area (Å²) < 4.78 is 31.6. The van der Waals surface area contributed by atoms with Crippen molar-refractivity contribution in [3.05, 3.63) is 50.7 Å². The van der Waals surface area contributed by atoms with Crippen molar-refractivity contribution in [1.82, 2.24) is 9.55 Å². The highest BCUT2D eigenvalue weighted by Gasteiger charge is 2.18. The molecule has 0 radical (unpaired) electrons. The molecular weight excluding hydrogens is 262 g/mol. The average Bonchev–Trinajstić information content (AvgIpc) is 2.37. The van der Waals surface area contributed by atoms with Crippen LogP contribution in [0.3, 0.4) is 0 Å². The maximum Gasteiger partial charge on any atom is 0.336 e. The first-order valence-electron chi connectivity index (χ1n) is 5.03. The van der Waals surface area contributed by atoms with E-state index < -0.39 is 28.8 Å². The summed E-state index contributed by atoms with van der Waals surface area (Å²) >= 11 is 0. The van der Waals surface area contributed by atoms with Crippen molar-refractivity contribution >= 4 is 0 Å². The van der Waals surface area contributed by atoms with Gasteiger partial charge in [-0.05, 0) is 12.1 Å². The number of rotatable bonds is 2. The highest BCUT2D eigenvalue weighted by molar-refractivity contribution is 5.48. The molecule has 0 unspecified atom stereocenters. The number of benzene rings is 1. The van der Waals surface area contributed by atoms with Gasteiger partial charge in [0.25, 0.3) is 5.56 Å². The third-order valence-corrected chi connectivity index (χ3v) is 2.41. The van der Waals surface area contributed by atoms with Gasteiger partial charge in [0.15, 0.2) is 0 Å². The summed E-state index contributed by atoms with van der Waals surface area (Å²) in [6.45, 7) is 0. The summed E-state index contributed by atoms with van der Waals surface area (Å²) in [4.78, 5) is 24.2. The first kappa shape index (κ1) is 12.8. The lowest BCUT2D eigenvalue weighted by Crippen LogP contribution is -2.31. The molecule has 1 aromatic carbocycles. The van der Waals surface area contributed by atoms with Gasteiger partial charge in [-0.2, -0.15) is 4.39 Å². The Morgan fingerprint density at radius 1 is 1.32 bits per heavy atom. The third-order valence-electron chi connectivity index (χ3n) is 2.41. The Hall–Kier alpha value is -2.64. The van der Waals surface area contributed by atoms with Gasteiger partial charge in [-0.1, -0.05) is 0 Å². The van der Waals surface area contributed by atoms with Crippen LogP contribution < -0.4 is 16.0 Å². The molecule has 0 aliphatic rings. The van der Waals surface area contributed by atoms with E-state index in [0.717, 1.165) is 18.2 Å². The number of hydrogen-bond acceptors (Lipinski definition) is 4. The number of ether oxygens (including phenoxy) is 1. The zero-order chi connectivity index (χ0) is 14.2. The minimum Gasteiger partial charge on any atom is -0.494 e. The number of halogens is 2. The Balaban J connectivity index is 2.83. The summed E-state index contributed by atoms with van der Waals surface area (Å²) in [5.74, 6) is -3.45. The number of aromatic amines is 1. The SMILES string of the molecule is COc1cc(F)ccc1-n1c(O)c(F)c(=O)[nH]c1=O. The lowest BCUT2D eigenvalue weighted by molar-refractivity contribution is 0.376. The molecule has 0 aliphatic heterocycles. The van der Waals surface area contributed by atoms with E-state index in [0.29, 0.717) is 4.57 Å². The van der Waals surface area contributed by atoms with E-state index in [2.05, 4.69) is 0 Å². The Labute approximate surface area is 104 Å². The van der Waals surface area contributed by atoms with Crippen molar-refractivity contribution in [1.29, 1.82) is 0 Å². The maximum atomic E-state index is 13.3. The van der Waals surface area contributed by atoms with Crippen molar-refractivity contribution in [2.45, 2.75) is 0 Å². The molecule has 19 heavy (non-hydrogen) atoms. The van der Waals surface area contributed by atoms with Crippen LogP contribution in [0.1, 0.15) is 0 Å². The van der Waals surface area contributed by atoms with E-state index in [1.165, 1.54) is 7.11 Å². The maximum absolute atomic E-state index is 13.3. The lowest BCUT2D eigenvalue weighted by Gasteiger charge is -2.12. The van der Waals surface area contributed by atoms with E-state index >= 15 is 0 Å². The van der Waals surface area contributed by atoms with Crippen molar-refractivity contribution in [3.63, 3.8) is 0 Å². The van der Waals surface area contributed by atoms with E-state index in [9.17, 15) is 23.5 Å². The van der Waals surface area contributed by atoms with Gasteiger partial charge in [-0.15, -0.1) is 0 Å². The predicted molar refractivity (Wildman–Crippen MR) is 60.8 cm³/mol. The topological polar surface area (TPSA) is 84.3 Å². The second-order valence-corrected chi connectivity index (χ2v) is 3.55. The molecule has 2 N–H and O–H groups in total. The molecule has 0 spiro atoms. The van der Waals surface area contributed by atoms with E-state index in [1.807, 2.05) is 0 Å². The Bertz CT molecular complexity index is 751. The lowest BCUT2D eigenvalue weighted by atomic mass is 10.2. The summed E-state index contributed by atoms with van der Waals surface area (Å²) in [6, 6.07) is 3.05. The number of aromatic nitrogens is 2. The molecule has 2 aromatic rings. The molecule has 0 saturated heterocycles. The van der Waals surface area contributed by atoms with Gasteiger partial charge in [0.1, 0.15) is 11.6 Å². The standard InChI is InChI=1S/C11H8F2N2O4/c1-19-7-4-5(12)2-3-6(7)15-10(17)8(13)9(16)14-11(15)18/h2-4,17H,1H3,(H,14,16,18). The van der Waals surface area contributed by atoms with Crippen molar-refractivity contribution < 1.29 is 18.6 Å². The number of nitrogens with zero attached hydrogens (tertiary/aromatic N) is 1. The van der Waals surface area contributed by atoms with Crippen LogP contribution in [-0.4, -0.2) is 21.8 Å². The fourth-order valence-corrected chi connectivity index (χ4v) is 1.56. The smallest absolute Gasteiger partial charge is 0.336 e. The van der Waals surface area contributed by atoms with Gasteiger partial charge in [-0.3, -0.25) is 9.78 Å². The summed E-state index contributed by atoms with van der Waals surface area (Å²) in [6.07, 6.45) is 0. The third kappa shape index (κ3) is 2.07. The largest absolute Gasteiger partial charge is 0.494 e. The molecule has 0 saturated carbocycles. The minimum absolute atomic E-state index is 0.108. The van der Waals surface area contributed by atoms with Crippen LogP contribution in [-0.2, 0) is 0 Å². The number of hydrogen-bond donors (Lipinski definition) is 2. The highest BCUT2D eigenvalue weighted by Crippen LogP contribution is 2.25. The van der Waals surface area contributed by atoms with Gasteiger partial charge in [0, 0.05) is 6.07 Å². The monoisotopic (exact) mass is 270 g/mol. The second kappa shape index (κ2) is 4.56. The second-order valence-electron chi connectivity index (χ2n) is 3.55. The van der Waals surface area contributed by atoms with Gasteiger partial charge in [-0.25, -0.2) is 13.8 Å². The van der Waals surface area contributed by atoms with Crippen LogP contribution in [0.5, 0.6) is 11.6 Å². The van der Waals surface area contributed by atoms with Crippen LogP contribution in [0.2, 0.25) is 0 Å². The van der Waals surface area contributed by atoms with Gasteiger partial charge < -0.3 is 9.84 Å². The molecule has 0 amide bonds. The first-order chi connectivity index (χ1) is 8.95. The Morgan fingerprint density at radius 3 is 2.63 bits per heavy atom. The first-order valence-corrected chi connectivity index (χ1v) is 5.03. The van der Waals surface area contributed by atoms with Crippen LogP contribution in [0, 0.1) is 11.6 Å². The molecule has 1 heterocycles. The van der Waals surface area contributed by atoms with Crippen LogP contribution in [0.15, 0.2) is 27.8 Å². The fourth-order valence-electron chi connectivity index (χ4n) is 1.56. The van der Waals surface area contributed by atoms with E-state index in [-0.39, 0.29) is 11.4 Å². The van der Waals surface area contributed by atoms with Crippen molar-refractivity contribution in [3.8, 4) is 17.3 Å². The Kier molecular flexibility index (Phi) is 3.07. The number of H-pyrrole nitrogens is 1. The van der Waals surface area contributed by atoms with Gasteiger partial charge in [0.2, 0.25) is 11.7 Å². The minimum atomic E-state index is -1.52. The van der Waals surface area contributed by atoms with Crippen LogP contribution in [0.25, 0.3) is 5.69 Å². The molecule has 8 heteroatoms. The van der Waals surface area contributed by atoms with E-state index in [1.54, 1.807) is 4.98 Å². The van der Waals surface area contributed by atoms with Crippen LogP contribution in [0.4, 0.5) is 8.78 Å². The summed E-state index contributed by atoms with van der Waals surface area (Å²) in [5, 5.41) is 9.52. The van der Waals surface area contributed by atoms with Crippen molar-refractivity contribution in [2.24, 2.45) is 0 Å². The van der Waals surface area contributed by atoms with Gasteiger partial charge in [0.05, 0.1) is 12.8 Å². The number of methoxy groups -OCH3 is 1. The molecule has 1 aromatic heterocycles. The van der Waals surface area contributed by atoms with Crippen molar-refractivity contribution in [2.75, 3.05) is 7.11 Å². The molecule has 0 atom stereocenters. The molecule has 100 valence electrons. The molecule has 0 fully saturated rings. The Morgan fingerprint density at radius 2 is 2.00 bits per heavy atom. The number of nitrogens with one attached hydrogen (secondary N) is 1. The average molecular weight is 270 g/mol.